The van der Waals surface area contributed by atoms with Gasteiger partial charge in [-0.3, -0.25) is 14.4 Å². The molecule has 1 fully saturated rings. The van der Waals surface area contributed by atoms with Crippen molar-refractivity contribution in [1.82, 2.24) is 9.80 Å². The normalized spacial score (nSPS) is 13.3. The van der Waals surface area contributed by atoms with E-state index in [1.54, 1.807) is 65.4 Å². The second-order valence-corrected chi connectivity index (χ2v) is 8.65. The van der Waals surface area contributed by atoms with E-state index in [1.165, 1.54) is 6.26 Å². The van der Waals surface area contributed by atoms with Crippen LogP contribution in [0.5, 0.6) is 5.75 Å². The van der Waals surface area contributed by atoms with Crippen molar-refractivity contribution in [2.45, 2.75) is 13.8 Å². The lowest BCUT2D eigenvalue weighted by atomic mass is 10.1. The van der Waals surface area contributed by atoms with Gasteiger partial charge in [0.15, 0.2) is 5.76 Å². The fourth-order valence-corrected chi connectivity index (χ4v) is 4.39. The Bertz CT molecular complexity index is 1230. The largest absolute Gasteiger partial charge is 0.497 e. The molecule has 37 heavy (non-hydrogen) atoms. The highest BCUT2D eigenvalue weighted by molar-refractivity contribution is 6.06. The van der Waals surface area contributed by atoms with Gasteiger partial charge in [-0.25, -0.2) is 0 Å². The van der Waals surface area contributed by atoms with Crippen LogP contribution in [-0.2, 0) is 0 Å². The van der Waals surface area contributed by atoms with Crippen LogP contribution in [0.25, 0.3) is 0 Å². The minimum absolute atomic E-state index is 0.102. The molecule has 1 aliphatic rings. The van der Waals surface area contributed by atoms with E-state index in [2.05, 4.69) is 10.2 Å². The lowest BCUT2D eigenvalue weighted by Gasteiger charge is -2.37. The molecule has 194 valence electrons. The summed E-state index contributed by atoms with van der Waals surface area (Å²) in [4.78, 5) is 44.6. The van der Waals surface area contributed by atoms with Crippen LogP contribution >= 0.6 is 0 Å². The molecule has 1 N–H and O–H groups in total. The number of ether oxygens (including phenoxy) is 1. The monoisotopic (exact) mass is 504 g/mol. The molecule has 9 heteroatoms. The minimum Gasteiger partial charge on any atom is -0.497 e. The summed E-state index contributed by atoms with van der Waals surface area (Å²) in [5, 5.41) is 2.90. The second-order valence-electron chi connectivity index (χ2n) is 8.65. The van der Waals surface area contributed by atoms with Crippen LogP contribution in [0.3, 0.4) is 0 Å². The zero-order valence-corrected chi connectivity index (χ0v) is 21.4. The Morgan fingerprint density at radius 1 is 0.973 bits per heavy atom. The van der Waals surface area contributed by atoms with Crippen molar-refractivity contribution in [3.8, 4) is 5.75 Å². The second kappa shape index (κ2) is 11.6. The molecule has 1 aromatic heterocycles. The lowest BCUT2D eigenvalue weighted by molar-refractivity contribution is 0.0711. The number of nitrogens with one attached hydrogen (secondary N) is 1. The number of nitrogens with zero attached hydrogens (tertiary/aromatic N) is 3. The van der Waals surface area contributed by atoms with Crippen LogP contribution in [0, 0.1) is 0 Å². The Morgan fingerprint density at radius 2 is 1.68 bits per heavy atom. The van der Waals surface area contributed by atoms with Gasteiger partial charge in [0.2, 0.25) is 0 Å². The van der Waals surface area contributed by atoms with Crippen LogP contribution in [0.15, 0.2) is 65.3 Å². The molecule has 0 bridgehead atoms. The molecule has 1 saturated heterocycles. The number of amides is 3. The van der Waals surface area contributed by atoms with Gasteiger partial charge in [-0.2, -0.15) is 0 Å². The molecule has 0 radical (unpaired) electrons. The van der Waals surface area contributed by atoms with Gasteiger partial charge < -0.3 is 29.2 Å². The molecular weight excluding hydrogens is 472 g/mol. The number of carbonyl (C=O) groups excluding carboxylic acids is 3. The van der Waals surface area contributed by atoms with Crippen molar-refractivity contribution < 1.29 is 23.5 Å². The highest BCUT2D eigenvalue weighted by atomic mass is 16.5. The number of anilines is 2. The molecule has 0 unspecified atom stereocenters. The van der Waals surface area contributed by atoms with Gasteiger partial charge in [-0.05, 0) is 68.4 Å². The predicted molar refractivity (Wildman–Crippen MR) is 141 cm³/mol. The Morgan fingerprint density at radius 3 is 2.27 bits per heavy atom. The highest BCUT2D eigenvalue weighted by Crippen LogP contribution is 2.28. The summed E-state index contributed by atoms with van der Waals surface area (Å²) < 4.78 is 10.4. The van der Waals surface area contributed by atoms with Gasteiger partial charge in [-0.15, -0.1) is 0 Å². The highest BCUT2D eigenvalue weighted by Gasteiger charge is 2.27. The first kappa shape index (κ1) is 25.8. The number of hydrogen-bond acceptors (Lipinski definition) is 6. The number of furan rings is 1. The van der Waals surface area contributed by atoms with Crippen LogP contribution in [0.1, 0.15) is 45.1 Å². The Balaban J connectivity index is 1.54. The van der Waals surface area contributed by atoms with E-state index in [9.17, 15) is 14.4 Å². The number of piperazine rings is 1. The van der Waals surface area contributed by atoms with Crippen molar-refractivity contribution in [3.63, 3.8) is 0 Å². The summed E-state index contributed by atoms with van der Waals surface area (Å²) in [6.45, 7) is 7.18. The minimum atomic E-state index is -0.276. The standard InChI is InChI=1S/C28H32N4O5/c1-4-30(5-2)27(34)23-19-21(29-26(33)20-8-11-22(36-3)12-9-20)10-13-24(23)31-14-16-32(17-15-31)28(35)25-7-6-18-37-25/h6-13,18-19H,4-5,14-17H2,1-3H3,(H,29,33). The molecule has 4 rings (SSSR count). The molecule has 0 saturated carbocycles. The number of methoxy groups -OCH3 is 1. The van der Waals surface area contributed by atoms with Crippen molar-refractivity contribution in [2.75, 3.05) is 56.6 Å². The summed E-state index contributed by atoms with van der Waals surface area (Å²) in [5.74, 6) is 0.471. The van der Waals surface area contributed by atoms with E-state index in [1.807, 2.05) is 19.9 Å². The van der Waals surface area contributed by atoms with E-state index in [4.69, 9.17) is 9.15 Å². The predicted octanol–water partition coefficient (Wildman–Crippen LogP) is 3.98. The third kappa shape index (κ3) is 5.77. The number of hydrogen-bond donors (Lipinski definition) is 1. The first-order valence-electron chi connectivity index (χ1n) is 12.4. The zero-order chi connectivity index (χ0) is 26.4. The summed E-state index contributed by atoms with van der Waals surface area (Å²) in [6.07, 6.45) is 1.49. The van der Waals surface area contributed by atoms with Crippen molar-refractivity contribution in [1.29, 1.82) is 0 Å². The van der Waals surface area contributed by atoms with Crippen molar-refractivity contribution in [3.05, 3.63) is 77.7 Å². The summed E-state index contributed by atoms with van der Waals surface area (Å²) in [6, 6.07) is 15.6. The first-order chi connectivity index (χ1) is 17.9. The zero-order valence-electron chi connectivity index (χ0n) is 21.4. The summed E-state index contributed by atoms with van der Waals surface area (Å²) in [7, 11) is 1.57. The van der Waals surface area contributed by atoms with E-state index in [0.29, 0.717) is 67.6 Å². The molecule has 3 amide bonds. The quantitative estimate of drug-likeness (QED) is 0.499. The maximum absolute atomic E-state index is 13.5. The molecule has 0 aliphatic carbocycles. The Hall–Kier alpha value is -4.27. The molecule has 9 nitrogen and oxygen atoms in total. The van der Waals surface area contributed by atoms with E-state index in [0.717, 1.165) is 5.69 Å². The third-order valence-corrected chi connectivity index (χ3v) is 6.53. The third-order valence-electron chi connectivity index (χ3n) is 6.53. The van der Waals surface area contributed by atoms with Gasteiger partial charge >= 0.3 is 0 Å². The Kier molecular flexibility index (Phi) is 8.12. The topological polar surface area (TPSA) is 95.3 Å². The van der Waals surface area contributed by atoms with Gasteiger partial charge in [-0.1, -0.05) is 0 Å². The smallest absolute Gasteiger partial charge is 0.289 e. The molecule has 2 aromatic carbocycles. The van der Waals surface area contributed by atoms with E-state index in [-0.39, 0.29) is 17.7 Å². The first-order valence-corrected chi connectivity index (χ1v) is 12.4. The SMILES string of the molecule is CCN(CC)C(=O)c1cc(NC(=O)c2ccc(OC)cc2)ccc1N1CCN(C(=O)c2ccco2)CC1. The Labute approximate surface area is 216 Å². The maximum atomic E-state index is 13.5. The molecule has 0 atom stereocenters. The van der Waals surface area contributed by atoms with E-state index >= 15 is 0 Å². The van der Waals surface area contributed by atoms with Crippen LogP contribution < -0.4 is 15.0 Å². The fraction of sp³-hybridized carbons (Fsp3) is 0.321. The van der Waals surface area contributed by atoms with Gasteiger partial charge in [0.05, 0.1) is 18.9 Å². The maximum Gasteiger partial charge on any atom is 0.289 e. The van der Waals surface area contributed by atoms with Gasteiger partial charge in [0.25, 0.3) is 17.7 Å². The molecule has 2 heterocycles. The van der Waals surface area contributed by atoms with Crippen molar-refractivity contribution >= 4 is 29.1 Å². The molecule has 0 spiro atoms. The van der Waals surface area contributed by atoms with Crippen molar-refractivity contribution in [2.24, 2.45) is 0 Å². The van der Waals surface area contributed by atoms with Crippen LogP contribution in [0.2, 0.25) is 0 Å². The van der Waals surface area contributed by atoms with Gasteiger partial charge in [0, 0.05) is 56.2 Å². The average molecular weight is 505 g/mol. The van der Waals surface area contributed by atoms with E-state index < -0.39 is 0 Å². The lowest BCUT2D eigenvalue weighted by Crippen LogP contribution is -2.49. The summed E-state index contributed by atoms with van der Waals surface area (Å²) in [5.41, 5.74) is 2.32. The van der Waals surface area contributed by atoms with Gasteiger partial charge in [0.1, 0.15) is 5.75 Å². The van der Waals surface area contributed by atoms with Crippen LogP contribution in [-0.4, -0.2) is 73.9 Å². The molecular formula is C28H32N4O5. The summed E-state index contributed by atoms with van der Waals surface area (Å²) >= 11 is 0. The molecule has 1 aliphatic heterocycles. The van der Waals surface area contributed by atoms with Crippen LogP contribution in [0.4, 0.5) is 11.4 Å². The number of rotatable bonds is 8. The number of carbonyl (C=O) groups is 3. The average Bonchev–Trinajstić information content (AvgIpc) is 3.48. The fourth-order valence-electron chi connectivity index (χ4n) is 4.39. The molecule has 3 aromatic rings. The number of benzene rings is 2.